The predicted molar refractivity (Wildman–Crippen MR) is 139 cm³/mol. The Morgan fingerprint density at radius 2 is 1.60 bits per heavy atom. The number of carboxylic acids is 1. The molecule has 5 rings (SSSR count). The zero-order chi connectivity index (χ0) is 25.8. The molecular weight excluding hydrogens is 436 g/mol. The number of aliphatic hydroxyl groups is 2. The van der Waals surface area contributed by atoms with Crippen LogP contribution in [0.1, 0.15) is 106 Å². The van der Waals surface area contributed by atoms with Crippen LogP contribution in [0.25, 0.3) is 0 Å². The highest BCUT2D eigenvalue weighted by molar-refractivity contribution is 5.76. The smallest absolute Gasteiger partial charge is 0.312 e. The molecule has 3 N–H and O–H groups in total. The molecule has 0 aromatic rings. The molecule has 4 nitrogen and oxygen atoms in total. The lowest BCUT2D eigenvalue weighted by Gasteiger charge is -2.63. The van der Waals surface area contributed by atoms with Crippen LogP contribution in [0.3, 0.4) is 0 Å². The third kappa shape index (κ3) is 2.96. The van der Waals surface area contributed by atoms with Crippen LogP contribution < -0.4 is 0 Å². The van der Waals surface area contributed by atoms with Gasteiger partial charge in [0.25, 0.3) is 0 Å². The minimum atomic E-state index is -1.15. The van der Waals surface area contributed by atoms with Gasteiger partial charge in [-0.2, -0.15) is 0 Å². The molecule has 198 valence electrons. The monoisotopic (exact) mass is 486 g/mol. The van der Waals surface area contributed by atoms with E-state index in [0.717, 1.165) is 38.0 Å². The fourth-order valence-electron chi connectivity index (χ4n) is 11.2. The molecule has 0 aromatic carbocycles. The largest absolute Gasteiger partial charge is 0.481 e. The molecule has 0 bridgehead atoms. The van der Waals surface area contributed by atoms with Crippen LogP contribution in [0.2, 0.25) is 0 Å². The third-order valence-corrected chi connectivity index (χ3v) is 13.7. The Kier molecular flexibility index (Phi) is 5.76. The van der Waals surface area contributed by atoms with Gasteiger partial charge in [0.15, 0.2) is 0 Å². The summed E-state index contributed by atoms with van der Waals surface area (Å²) in [4.78, 5) is 12.5. The molecule has 5 aliphatic carbocycles. The maximum Gasteiger partial charge on any atom is 0.312 e. The number of carbonyl (C=O) groups is 1. The number of allylic oxidation sites excluding steroid dienone is 1. The van der Waals surface area contributed by atoms with Crippen LogP contribution in [0, 0.1) is 56.7 Å². The van der Waals surface area contributed by atoms with Crippen molar-refractivity contribution in [3.63, 3.8) is 0 Å². The summed E-state index contributed by atoms with van der Waals surface area (Å²) in [7, 11) is 0. The van der Waals surface area contributed by atoms with E-state index in [2.05, 4.69) is 41.2 Å². The Bertz CT molecular complexity index is 912. The molecule has 0 radical (unpaired) electrons. The summed E-state index contributed by atoms with van der Waals surface area (Å²) < 4.78 is 0. The maximum absolute atomic E-state index is 12.5. The summed E-state index contributed by atoms with van der Waals surface area (Å²) in [5.74, 6) is 1.50. The van der Waals surface area contributed by atoms with Crippen LogP contribution in [0.5, 0.6) is 0 Å². The summed E-state index contributed by atoms with van der Waals surface area (Å²) >= 11 is 0. The lowest BCUT2D eigenvalue weighted by atomic mass is 9.41. The van der Waals surface area contributed by atoms with Crippen molar-refractivity contribution in [1.82, 2.24) is 0 Å². The molecule has 35 heavy (non-hydrogen) atoms. The van der Waals surface area contributed by atoms with Crippen LogP contribution in [-0.4, -0.2) is 33.5 Å². The van der Waals surface area contributed by atoms with E-state index in [9.17, 15) is 20.1 Å². The molecule has 6 unspecified atom stereocenters. The number of hydrogen-bond acceptors (Lipinski definition) is 3. The van der Waals surface area contributed by atoms with Gasteiger partial charge in [0.2, 0.25) is 0 Å². The van der Waals surface area contributed by atoms with E-state index in [1.807, 2.05) is 0 Å². The van der Waals surface area contributed by atoms with Gasteiger partial charge in [-0.3, -0.25) is 4.79 Å². The van der Waals surface area contributed by atoms with Crippen molar-refractivity contribution in [2.24, 2.45) is 56.7 Å². The second kappa shape index (κ2) is 7.82. The Labute approximate surface area is 213 Å². The molecule has 4 heteroatoms. The topological polar surface area (TPSA) is 77.8 Å². The van der Waals surface area contributed by atoms with E-state index in [-0.39, 0.29) is 28.6 Å². The van der Waals surface area contributed by atoms with Gasteiger partial charge in [-0.15, -0.1) is 0 Å². The summed E-state index contributed by atoms with van der Waals surface area (Å²) in [5.41, 5.74) is 0.506. The molecule has 0 aliphatic heterocycles. The molecule has 0 aromatic heterocycles. The van der Waals surface area contributed by atoms with Crippen LogP contribution in [0.4, 0.5) is 0 Å². The van der Waals surface area contributed by atoms with Crippen molar-refractivity contribution in [3.8, 4) is 0 Å². The SMILES string of the molecule is C=C(CCC(C)C1CC[C@@]2(C)C3CCC4[C@](C)(C(=O)O)C(O)CC(O)[C@@]45C[C@@]35CC[C@]12C)C(C)C. The summed E-state index contributed by atoms with van der Waals surface area (Å²) in [6.45, 7) is 18.2. The van der Waals surface area contributed by atoms with Crippen molar-refractivity contribution < 1.29 is 20.1 Å². The number of rotatable bonds is 6. The van der Waals surface area contributed by atoms with Gasteiger partial charge in [-0.1, -0.05) is 46.8 Å². The molecule has 0 heterocycles. The fraction of sp³-hybridized carbons (Fsp3) is 0.903. The Morgan fingerprint density at radius 3 is 2.23 bits per heavy atom. The highest BCUT2D eigenvalue weighted by atomic mass is 16.4. The van der Waals surface area contributed by atoms with Crippen molar-refractivity contribution in [1.29, 1.82) is 0 Å². The van der Waals surface area contributed by atoms with Gasteiger partial charge in [-0.05, 0) is 111 Å². The Morgan fingerprint density at radius 1 is 0.943 bits per heavy atom. The predicted octanol–water partition coefficient (Wildman–Crippen LogP) is 6.45. The minimum Gasteiger partial charge on any atom is -0.481 e. The highest BCUT2D eigenvalue weighted by Gasteiger charge is 2.85. The molecule has 11 atom stereocenters. The number of hydrogen-bond donors (Lipinski definition) is 3. The molecule has 0 amide bonds. The standard InChI is InChI=1S/C31H50O4/c1-18(2)19(3)8-9-20(4)21-12-13-28(6)22-10-11-23-29(7,26(34)35)24(32)16-25(33)31(23)17-30(22,31)15-14-27(21,28)5/h18,20-25,32-33H,3,8-17H2,1-2,4-7H3,(H,34,35)/t20?,21?,22?,23?,24?,25?,27-,28+,29+,30+,31-/m1/s1. The number of carboxylic acid groups (broad SMARTS) is 1. The van der Waals surface area contributed by atoms with Gasteiger partial charge in [0, 0.05) is 11.8 Å². The minimum absolute atomic E-state index is 0.0600. The van der Waals surface area contributed by atoms with Gasteiger partial charge < -0.3 is 15.3 Å². The summed E-state index contributed by atoms with van der Waals surface area (Å²) in [6.07, 6.45) is 8.70. The van der Waals surface area contributed by atoms with E-state index in [0.29, 0.717) is 23.2 Å². The van der Waals surface area contributed by atoms with Crippen molar-refractivity contribution in [2.75, 3.05) is 0 Å². The van der Waals surface area contributed by atoms with Crippen LogP contribution >= 0.6 is 0 Å². The number of aliphatic carboxylic acids is 1. The molecule has 5 fully saturated rings. The maximum atomic E-state index is 12.5. The van der Waals surface area contributed by atoms with Gasteiger partial charge in [0.05, 0.1) is 17.6 Å². The third-order valence-electron chi connectivity index (χ3n) is 13.7. The quantitative estimate of drug-likeness (QED) is 0.377. The molecule has 0 saturated heterocycles. The second-order valence-electron chi connectivity index (χ2n) is 14.7. The highest BCUT2D eigenvalue weighted by Crippen LogP contribution is 2.89. The Hall–Kier alpha value is -0.870. The lowest BCUT2D eigenvalue weighted by Crippen LogP contribution is -2.63. The normalized spacial score (nSPS) is 53.2. The molecule has 2 spiro atoms. The van der Waals surface area contributed by atoms with Crippen molar-refractivity contribution >= 4 is 5.97 Å². The van der Waals surface area contributed by atoms with E-state index >= 15 is 0 Å². The first-order valence-corrected chi connectivity index (χ1v) is 14.5. The summed E-state index contributed by atoms with van der Waals surface area (Å²) in [6, 6.07) is 0. The summed E-state index contributed by atoms with van der Waals surface area (Å²) in [5, 5.41) is 32.5. The molecule has 5 aliphatic rings. The lowest BCUT2D eigenvalue weighted by molar-refractivity contribution is -0.210. The molecule has 5 saturated carbocycles. The number of fused-ring (bicyclic) bond motifs is 2. The van der Waals surface area contributed by atoms with Crippen LogP contribution in [-0.2, 0) is 4.79 Å². The average molecular weight is 487 g/mol. The fourth-order valence-corrected chi connectivity index (χ4v) is 11.2. The van der Waals surface area contributed by atoms with Gasteiger partial charge in [-0.25, -0.2) is 0 Å². The zero-order valence-corrected chi connectivity index (χ0v) is 23.1. The van der Waals surface area contributed by atoms with Gasteiger partial charge >= 0.3 is 5.97 Å². The first kappa shape index (κ1) is 25.8. The molecular formula is C31H50O4. The van der Waals surface area contributed by atoms with E-state index in [1.54, 1.807) is 6.92 Å². The van der Waals surface area contributed by atoms with Gasteiger partial charge in [0.1, 0.15) is 0 Å². The first-order valence-electron chi connectivity index (χ1n) is 14.5. The van der Waals surface area contributed by atoms with Crippen molar-refractivity contribution in [2.45, 2.75) is 118 Å². The first-order chi connectivity index (χ1) is 16.2. The van der Waals surface area contributed by atoms with E-state index in [4.69, 9.17) is 0 Å². The zero-order valence-electron chi connectivity index (χ0n) is 23.1. The van der Waals surface area contributed by atoms with E-state index in [1.165, 1.54) is 31.3 Å². The number of aliphatic hydroxyl groups excluding tert-OH is 2. The van der Waals surface area contributed by atoms with E-state index < -0.39 is 23.6 Å². The van der Waals surface area contributed by atoms with Crippen molar-refractivity contribution in [3.05, 3.63) is 12.2 Å². The average Bonchev–Trinajstić information content (AvgIpc) is 3.40. The van der Waals surface area contributed by atoms with Crippen LogP contribution in [0.15, 0.2) is 12.2 Å². The second-order valence-corrected chi connectivity index (χ2v) is 14.7. The Balaban J connectivity index is 1.43.